The van der Waals surface area contributed by atoms with Crippen LogP contribution in [-0.4, -0.2) is 48.0 Å². The Hall–Kier alpha value is -7.99. The fraction of sp³-hybridized carbons (Fsp3) is 0.0962. The van der Waals surface area contributed by atoms with Gasteiger partial charge in [0.1, 0.15) is 23.0 Å². The van der Waals surface area contributed by atoms with Gasteiger partial charge in [-0.05, 0) is 117 Å². The van der Waals surface area contributed by atoms with Gasteiger partial charge >= 0.3 is 17.1 Å². The van der Waals surface area contributed by atoms with Crippen LogP contribution in [-0.2, 0) is 24.1 Å². The maximum atomic E-state index is 7.25. The molecule has 6 heterocycles. The number of fused-ring (bicyclic) bond motifs is 8. The number of nitrogens with zero attached hydrogens (tertiary/aromatic N) is 7. The molecule has 65 heavy (non-hydrogen) atoms. The number of ether oxygens (including phenoxy) is 4. The third-order valence-electron chi connectivity index (χ3n) is 10.8. The molecule has 322 valence electrons. The van der Waals surface area contributed by atoms with Gasteiger partial charge in [-0.3, -0.25) is 0 Å². The quantitative estimate of drug-likeness (QED) is 0.135. The van der Waals surface area contributed by atoms with E-state index in [9.17, 15) is 0 Å². The van der Waals surface area contributed by atoms with Gasteiger partial charge in [0.2, 0.25) is 0 Å². The van der Waals surface area contributed by atoms with Crippen LogP contribution < -0.4 is 28.9 Å². The molecule has 0 saturated carbocycles. The monoisotopic (exact) mass is 899 g/mol. The second-order valence-electron chi connectivity index (χ2n) is 14.5. The number of hydrogen-bond acceptors (Lipinski definition) is 8. The molecule has 0 fully saturated rings. The van der Waals surface area contributed by atoms with E-state index in [0.29, 0.717) is 0 Å². The smallest absolute Gasteiger partial charge is 0.657 e. The van der Waals surface area contributed by atoms with E-state index in [-0.39, 0.29) is 17.1 Å². The molecule has 13 heteroatoms. The summed E-state index contributed by atoms with van der Waals surface area (Å²) in [4.78, 5) is 32.4. The first kappa shape index (κ1) is 45.0. The molecule has 0 saturated heterocycles. The summed E-state index contributed by atoms with van der Waals surface area (Å²) < 4.78 is 24.0. The Balaban J connectivity index is 0.000000642. The van der Waals surface area contributed by atoms with Gasteiger partial charge in [0, 0.05) is 19.4 Å². The fourth-order valence-corrected chi connectivity index (χ4v) is 7.63. The number of aryl methyl sites for hydroxylation is 1. The van der Waals surface area contributed by atoms with Crippen LogP contribution in [0.5, 0.6) is 23.0 Å². The van der Waals surface area contributed by atoms with E-state index in [4.69, 9.17) is 49.4 Å². The minimum absolute atomic E-state index is 0. The van der Waals surface area contributed by atoms with Crippen molar-refractivity contribution in [2.24, 2.45) is 7.05 Å². The van der Waals surface area contributed by atoms with Gasteiger partial charge in [0.05, 0.1) is 57.5 Å². The van der Waals surface area contributed by atoms with Crippen molar-refractivity contribution in [3.8, 4) is 67.5 Å². The molecule has 8 aromatic rings. The van der Waals surface area contributed by atoms with Gasteiger partial charge in [0.25, 0.3) is 0 Å². The molecular formula is C52H42MnN7O5. The van der Waals surface area contributed by atoms with Crippen LogP contribution in [0, 0.1) is 4.91 Å². The van der Waals surface area contributed by atoms with Crippen molar-refractivity contribution in [2.75, 3.05) is 28.4 Å². The van der Waals surface area contributed by atoms with Gasteiger partial charge in [-0.25, -0.2) is 15.0 Å². The molecule has 0 radical (unpaired) electrons. The Bertz CT molecular complexity index is 2740. The summed E-state index contributed by atoms with van der Waals surface area (Å²) in [6.07, 6.45) is 13.6. The predicted octanol–water partition coefficient (Wildman–Crippen LogP) is 11.4. The van der Waals surface area contributed by atoms with E-state index < -0.39 is 0 Å². The van der Waals surface area contributed by atoms with E-state index in [1.165, 1.54) is 0 Å². The third kappa shape index (κ3) is 9.52. The van der Waals surface area contributed by atoms with Crippen molar-refractivity contribution in [2.45, 2.75) is 0 Å². The summed E-state index contributed by atoms with van der Waals surface area (Å²) >= 11 is 0. The zero-order valence-corrected chi connectivity index (χ0v) is 37.3. The summed E-state index contributed by atoms with van der Waals surface area (Å²) in [7, 11) is 8.61. The van der Waals surface area contributed by atoms with Crippen molar-refractivity contribution < 1.29 is 36.0 Å². The maximum absolute atomic E-state index is 7.25. The van der Waals surface area contributed by atoms with Gasteiger partial charge in [-0.2, -0.15) is 0 Å². The number of rotatable bonds is 8. The van der Waals surface area contributed by atoms with Crippen LogP contribution >= 0.6 is 0 Å². The van der Waals surface area contributed by atoms with Crippen molar-refractivity contribution in [3.63, 3.8) is 0 Å². The molecule has 0 unspecified atom stereocenters. The molecule has 0 N–H and O–H groups in total. The molecule has 8 bridgehead atoms. The number of hydrogen-bond donors (Lipinski definition) is 0. The van der Waals surface area contributed by atoms with Gasteiger partial charge < -0.3 is 44.0 Å². The molecule has 4 aromatic heterocycles. The first-order valence-corrected chi connectivity index (χ1v) is 20.2. The van der Waals surface area contributed by atoms with Crippen LogP contribution in [0.3, 0.4) is 0 Å². The summed E-state index contributed by atoms with van der Waals surface area (Å²) in [6.45, 7) is 0. The van der Waals surface area contributed by atoms with Gasteiger partial charge in [-0.15, -0.1) is 22.1 Å². The van der Waals surface area contributed by atoms with Crippen LogP contribution in [0.1, 0.15) is 22.8 Å². The van der Waals surface area contributed by atoms with Crippen LogP contribution in [0.2, 0.25) is 0 Å². The molecule has 12 nitrogen and oxygen atoms in total. The average Bonchev–Trinajstić information content (AvgIpc) is 4.23. The third-order valence-corrected chi connectivity index (χ3v) is 10.8. The first-order valence-electron chi connectivity index (χ1n) is 20.2. The number of aromatic nitrogens is 6. The predicted molar refractivity (Wildman–Crippen MR) is 255 cm³/mol. The molecule has 0 amide bonds. The number of imidazole rings is 1. The normalized spacial score (nSPS) is 11.0. The van der Waals surface area contributed by atoms with Crippen molar-refractivity contribution in [1.29, 1.82) is 0 Å². The van der Waals surface area contributed by atoms with E-state index in [1.807, 2.05) is 115 Å². The van der Waals surface area contributed by atoms with Crippen LogP contribution in [0.15, 0.2) is 140 Å². The van der Waals surface area contributed by atoms with Crippen molar-refractivity contribution >= 4 is 46.4 Å². The molecule has 0 atom stereocenters. The molecule has 4 aromatic carbocycles. The number of nitroso groups, excluding NO2 is 1. The Morgan fingerprint density at radius 2 is 0.692 bits per heavy atom. The maximum Gasteiger partial charge on any atom is 3.00 e. The minimum atomic E-state index is 0. The Kier molecular flexibility index (Phi) is 14.2. The topological polar surface area (TPSA) is 148 Å². The molecular weight excluding hydrogens is 858 g/mol. The summed E-state index contributed by atoms with van der Waals surface area (Å²) in [5.74, 6) is 3.06. The zero-order valence-electron chi connectivity index (χ0n) is 36.1. The van der Waals surface area contributed by atoms with Crippen molar-refractivity contribution in [3.05, 3.63) is 173 Å². The summed E-state index contributed by atoms with van der Waals surface area (Å²) in [5, 5.41) is 0. The van der Waals surface area contributed by atoms with Crippen molar-refractivity contribution in [1.82, 2.24) is 29.5 Å². The number of benzene rings is 4. The molecule has 2 aliphatic rings. The van der Waals surface area contributed by atoms with Gasteiger partial charge in [0.15, 0.2) is 0 Å². The van der Waals surface area contributed by atoms with E-state index in [1.54, 1.807) is 41.0 Å². The summed E-state index contributed by atoms with van der Waals surface area (Å²) in [6, 6.07) is 40.3. The Morgan fingerprint density at radius 3 is 0.877 bits per heavy atom. The second-order valence-corrected chi connectivity index (χ2v) is 14.5. The Labute approximate surface area is 386 Å². The fourth-order valence-electron chi connectivity index (χ4n) is 7.63. The van der Waals surface area contributed by atoms with E-state index in [0.717, 1.165) is 112 Å². The molecule has 2 aliphatic heterocycles. The zero-order chi connectivity index (χ0) is 44.6. The second kappa shape index (κ2) is 20.5. The molecule has 0 spiro atoms. The Morgan fingerprint density at radius 1 is 0.431 bits per heavy atom. The first-order chi connectivity index (χ1) is 31.4. The molecule has 0 aliphatic carbocycles. The largest absolute Gasteiger partial charge is 3.00 e. The standard InChI is InChI=1S/C48H36N4O4.C4H6N2.Mn.NO/c1-53-33-13-5-29(6-14-33)45-37-21-23-39(49-37)46(30-7-15-34(54-2)16-8-30)41-25-27-43(51-41)48(32-11-19-36(56-4)20-12-32)44-28-26-42(52-44)47(40-24-22-38(45)50-40)31-9-17-35(55-3)18-10-31;1-6-3-2-5-4-6;;1-2/h5-28H,1-4H3;2-4H,1H3;;/q-2;;+3;-1. The minimum Gasteiger partial charge on any atom is -0.657 e. The van der Waals surface area contributed by atoms with E-state index >= 15 is 0 Å². The SMILES string of the molecule is COc1ccc(-c2c3nc(c(-c4ccc(OC)cc4)c4ccc([n-]4)c(-c4ccc(OC)cc4)c4nc(c(-c5ccc(OC)cc5)c5ccc2[n-]5)C=C4)C=C3)cc1.Cn1ccnc1.[Mn+3].[N-]=O. The number of methoxy groups -OCH3 is 4. The summed E-state index contributed by atoms with van der Waals surface area (Å²) in [5.41, 5.74) is 19.4. The van der Waals surface area contributed by atoms with Crippen LogP contribution in [0.4, 0.5) is 0 Å². The van der Waals surface area contributed by atoms with E-state index in [2.05, 4.69) is 53.6 Å². The molecule has 10 rings (SSSR count). The van der Waals surface area contributed by atoms with Crippen LogP contribution in [0.25, 0.3) is 96.5 Å². The van der Waals surface area contributed by atoms with Gasteiger partial charge in [-0.1, -0.05) is 72.8 Å². The average molecular weight is 900 g/mol.